The van der Waals surface area contributed by atoms with Crippen LogP contribution in [0.2, 0.25) is 0 Å². The van der Waals surface area contributed by atoms with Crippen LogP contribution in [0.15, 0.2) is 24.3 Å². The summed E-state index contributed by atoms with van der Waals surface area (Å²) in [6, 6.07) is 7.72. The van der Waals surface area contributed by atoms with Gasteiger partial charge in [0.1, 0.15) is 18.1 Å². The highest BCUT2D eigenvalue weighted by molar-refractivity contribution is 5.31. The summed E-state index contributed by atoms with van der Waals surface area (Å²) in [6.45, 7) is 5.11. The zero-order chi connectivity index (χ0) is 13.6. The Kier molecular flexibility index (Phi) is 5.08. The van der Waals surface area contributed by atoms with Gasteiger partial charge in [-0.2, -0.15) is 0 Å². The molecule has 1 aliphatic rings. The fourth-order valence-electron chi connectivity index (χ4n) is 2.71. The van der Waals surface area contributed by atoms with Crippen LogP contribution in [0.5, 0.6) is 11.5 Å². The van der Waals surface area contributed by atoms with E-state index >= 15 is 0 Å². The van der Waals surface area contributed by atoms with Gasteiger partial charge in [-0.3, -0.25) is 0 Å². The minimum atomic E-state index is 0.514. The molecule has 0 heterocycles. The molecule has 1 aromatic carbocycles. The number of benzene rings is 1. The first-order valence-corrected chi connectivity index (χ1v) is 7.19. The fourth-order valence-corrected chi connectivity index (χ4v) is 2.71. The number of hydrogen-bond donors (Lipinski definition) is 1. The molecule has 1 aliphatic carbocycles. The van der Waals surface area contributed by atoms with Gasteiger partial charge in [-0.25, -0.2) is 0 Å². The fraction of sp³-hybridized carbons (Fsp3) is 0.625. The molecule has 1 fully saturated rings. The second-order valence-corrected chi connectivity index (χ2v) is 5.72. The molecule has 106 valence electrons. The van der Waals surface area contributed by atoms with E-state index in [1.54, 1.807) is 7.11 Å². The Morgan fingerprint density at radius 2 is 1.74 bits per heavy atom. The molecule has 0 atom stereocenters. The van der Waals surface area contributed by atoms with Crippen LogP contribution in [-0.4, -0.2) is 26.8 Å². The lowest BCUT2D eigenvalue weighted by Gasteiger charge is -2.23. The molecule has 1 aromatic rings. The summed E-state index contributed by atoms with van der Waals surface area (Å²) >= 11 is 0. The average Bonchev–Trinajstić information content (AvgIpc) is 2.86. The summed E-state index contributed by atoms with van der Waals surface area (Å²) in [6.07, 6.45) is 5.50. The third-order valence-corrected chi connectivity index (χ3v) is 3.97. The molecule has 0 saturated heterocycles. The average molecular weight is 263 g/mol. The normalized spacial score (nSPS) is 17.4. The lowest BCUT2D eigenvalue weighted by atomic mass is 9.89. The Balaban J connectivity index is 1.61. The van der Waals surface area contributed by atoms with Crippen LogP contribution in [0.3, 0.4) is 0 Å². The standard InChI is InChI=1S/C16H25NO2/c1-16(9-3-4-10-16)13-17-11-12-19-15-7-5-14(18-2)6-8-15/h5-8,17H,3-4,9-13H2,1-2H3. The van der Waals surface area contributed by atoms with Crippen LogP contribution in [0.25, 0.3) is 0 Å². The maximum Gasteiger partial charge on any atom is 0.119 e. The molecule has 0 radical (unpaired) electrons. The first-order chi connectivity index (χ1) is 9.22. The third-order valence-electron chi connectivity index (χ3n) is 3.97. The summed E-state index contributed by atoms with van der Waals surface area (Å²) in [5.74, 6) is 1.76. The largest absolute Gasteiger partial charge is 0.497 e. The van der Waals surface area contributed by atoms with Crippen LogP contribution in [-0.2, 0) is 0 Å². The van der Waals surface area contributed by atoms with Crippen molar-refractivity contribution in [2.75, 3.05) is 26.8 Å². The van der Waals surface area contributed by atoms with Crippen LogP contribution in [0, 0.1) is 5.41 Å². The van der Waals surface area contributed by atoms with Gasteiger partial charge in [-0.15, -0.1) is 0 Å². The van der Waals surface area contributed by atoms with Gasteiger partial charge in [-0.05, 0) is 42.5 Å². The predicted octanol–water partition coefficient (Wildman–Crippen LogP) is 3.24. The van der Waals surface area contributed by atoms with Crippen molar-refractivity contribution in [3.63, 3.8) is 0 Å². The van der Waals surface area contributed by atoms with E-state index in [0.717, 1.165) is 24.6 Å². The molecule has 0 bridgehead atoms. The molecule has 0 spiro atoms. The lowest BCUT2D eigenvalue weighted by molar-refractivity contribution is 0.278. The van der Waals surface area contributed by atoms with E-state index in [0.29, 0.717) is 12.0 Å². The van der Waals surface area contributed by atoms with Gasteiger partial charge in [0, 0.05) is 13.1 Å². The summed E-state index contributed by atoms with van der Waals surface area (Å²) in [5.41, 5.74) is 0.514. The Morgan fingerprint density at radius 1 is 1.11 bits per heavy atom. The molecule has 0 amide bonds. The van der Waals surface area contributed by atoms with E-state index in [2.05, 4.69) is 12.2 Å². The number of ether oxygens (including phenoxy) is 2. The van der Waals surface area contributed by atoms with E-state index in [1.165, 1.54) is 25.7 Å². The van der Waals surface area contributed by atoms with E-state index in [1.807, 2.05) is 24.3 Å². The lowest BCUT2D eigenvalue weighted by Crippen LogP contribution is -2.32. The monoisotopic (exact) mass is 263 g/mol. The summed E-state index contributed by atoms with van der Waals surface area (Å²) in [7, 11) is 1.67. The van der Waals surface area contributed by atoms with Gasteiger partial charge >= 0.3 is 0 Å². The first-order valence-electron chi connectivity index (χ1n) is 7.19. The van der Waals surface area contributed by atoms with Crippen molar-refractivity contribution in [2.45, 2.75) is 32.6 Å². The Hall–Kier alpha value is -1.22. The topological polar surface area (TPSA) is 30.5 Å². The maximum absolute atomic E-state index is 5.69. The molecule has 19 heavy (non-hydrogen) atoms. The maximum atomic E-state index is 5.69. The highest BCUT2D eigenvalue weighted by Crippen LogP contribution is 2.36. The molecular formula is C16H25NO2. The minimum absolute atomic E-state index is 0.514. The molecule has 0 unspecified atom stereocenters. The number of nitrogens with one attached hydrogen (secondary N) is 1. The third kappa shape index (κ3) is 4.43. The van der Waals surface area contributed by atoms with Crippen molar-refractivity contribution < 1.29 is 9.47 Å². The quantitative estimate of drug-likeness (QED) is 0.766. The van der Waals surface area contributed by atoms with Crippen molar-refractivity contribution in [3.05, 3.63) is 24.3 Å². The molecule has 3 heteroatoms. The molecule has 0 aliphatic heterocycles. The summed E-state index contributed by atoms with van der Waals surface area (Å²) in [5, 5.41) is 3.51. The van der Waals surface area contributed by atoms with E-state index in [-0.39, 0.29) is 0 Å². The molecule has 3 nitrogen and oxygen atoms in total. The highest BCUT2D eigenvalue weighted by atomic mass is 16.5. The Bertz CT molecular complexity index is 369. The Morgan fingerprint density at radius 3 is 2.37 bits per heavy atom. The highest BCUT2D eigenvalue weighted by Gasteiger charge is 2.27. The summed E-state index contributed by atoms with van der Waals surface area (Å²) in [4.78, 5) is 0. The van der Waals surface area contributed by atoms with Crippen LogP contribution in [0.1, 0.15) is 32.6 Å². The van der Waals surface area contributed by atoms with Crippen molar-refractivity contribution in [3.8, 4) is 11.5 Å². The molecule has 2 rings (SSSR count). The molecule has 0 aromatic heterocycles. The van der Waals surface area contributed by atoms with Gasteiger partial charge < -0.3 is 14.8 Å². The number of rotatable bonds is 7. The summed E-state index contributed by atoms with van der Waals surface area (Å²) < 4.78 is 10.8. The van der Waals surface area contributed by atoms with Gasteiger partial charge in [0.05, 0.1) is 7.11 Å². The van der Waals surface area contributed by atoms with E-state index < -0.39 is 0 Å². The van der Waals surface area contributed by atoms with Crippen molar-refractivity contribution in [1.29, 1.82) is 0 Å². The molecular weight excluding hydrogens is 238 g/mol. The number of methoxy groups -OCH3 is 1. The molecule has 1 N–H and O–H groups in total. The van der Waals surface area contributed by atoms with Crippen molar-refractivity contribution >= 4 is 0 Å². The zero-order valence-electron chi connectivity index (χ0n) is 12.1. The van der Waals surface area contributed by atoms with Gasteiger partial charge in [0.25, 0.3) is 0 Å². The second-order valence-electron chi connectivity index (χ2n) is 5.72. The van der Waals surface area contributed by atoms with Crippen molar-refractivity contribution in [2.24, 2.45) is 5.41 Å². The first kappa shape index (κ1) is 14.2. The van der Waals surface area contributed by atoms with Crippen LogP contribution < -0.4 is 14.8 Å². The van der Waals surface area contributed by atoms with Gasteiger partial charge in [-0.1, -0.05) is 19.8 Å². The molecule has 1 saturated carbocycles. The van der Waals surface area contributed by atoms with Gasteiger partial charge in [0.15, 0.2) is 0 Å². The van der Waals surface area contributed by atoms with E-state index in [4.69, 9.17) is 9.47 Å². The smallest absolute Gasteiger partial charge is 0.119 e. The van der Waals surface area contributed by atoms with Crippen LogP contribution in [0.4, 0.5) is 0 Å². The second kappa shape index (κ2) is 6.80. The van der Waals surface area contributed by atoms with Gasteiger partial charge in [0.2, 0.25) is 0 Å². The van der Waals surface area contributed by atoms with Crippen LogP contribution >= 0.6 is 0 Å². The number of hydrogen-bond acceptors (Lipinski definition) is 3. The SMILES string of the molecule is COc1ccc(OCCNCC2(C)CCCC2)cc1. The Labute approximate surface area is 116 Å². The van der Waals surface area contributed by atoms with Crippen molar-refractivity contribution in [1.82, 2.24) is 5.32 Å². The zero-order valence-corrected chi connectivity index (χ0v) is 12.1. The minimum Gasteiger partial charge on any atom is -0.497 e. The predicted molar refractivity (Wildman–Crippen MR) is 77.9 cm³/mol. The van der Waals surface area contributed by atoms with E-state index in [9.17, 15) is 0 Å².